The van der Waals surface area contributed by atoms with Gasteiger partial charge < -0.3 is 33.7 Å². The Kier molecular flexibility index (Phi) is 41.5. The zero-order valence-electron chi connectivity index (χ0n) is 43.7. The molecule has 3 unspecified atom stereocenters. The zero-order valence-corrected chi connectivity index (χ0v) is 43.7. The average Bonchev–Trinajstić information content (AvgIpc) is 3.28. The molecule has 0 saturated heterocycles. The number of methoxy groups -OCH3 is 1. The van der Waals surface area contributed by atoms with Gasteiger partial charge in [-0.05, 0) is 114 Å². The van der Waals surface area contributed by atoms with Crippen molar-refractivity contribution in [3.05, 3.63) is 49.6 Å². The minimum absolute atomic E-state index is 0.0466. The van der Waals surface area contributed by atoms with E-state index < -0.39 is 22.9 Å². The molecule has 0 aliphatic rings. The van der Waals surface area contributed by atoms with Crippen molar-refractivity contribution in [2.75, 3.05) is 73.1 Å². The fourth-order valence-electron chi connectivity index (χ4n) is 3.84. The second kappa shape index (κ2) is 40.0. The molecular formula is C50H91NO15. The van der Waals surface area contributed by atoms with Crippen LogP contribution in [0.4, 0.5) is 4.79 Å². The summed E-state index contributed by atoms with van der Waals surface area (Å²) in [4.78, 5) is 77.1. The molecule has 16 heteroatoms. The van der Waals surface area contributed by atoms with Gasteiger partial charge >= 0.3 is 30.0 Å². The van der Waals surface area contributed by atoms with Gasteiger partial charge in [0.1, 0.15) is 32.5 Å². The largest absolute Gasteiger partial charge is 0.469 e. The van der Waals surface area contributed by atoms with Crippen molar-refractivity contribution in [2.24, 2.45) is 21.7 Å². The van der Waals surface area contributed by atoms with E-state index in [1.807, 2.05) is 82.2 Å². The van der Waals surface area contributed by atoms with Crippen molar-refractivity contribution >= 4 is 30.0 Å². The molecule has 0 saturated carbocycles. The Morgan fingerprint density at radius 2 is 1.12 bits per heavy atom. The molecule has 0 aromatic carbocycles. The Labute approximate surface area is 398 Å². The summed E-state index contributed by atoms with van der Waals surface area (Å²) in [7, 11) is 1.30. The van der Waals surface area contributed by atoms with Gasteiger partial charge in [0, 0.05) is 6.54 Å². The number of rotatable bonds is 32. The summed E-state index contributed by atoms with van der Waals surface area (Å²) in [5.74, 6) is -0.873. The van der Waals surface area contributed by atoms with Crippen LogP contribution >= 0.6 is 0 Å². The number of hydrogen-bond acceptors (Lipinski definition) is 15. The van der Waals surface area contributed by atoms with Crippen LogP contribution in [0.3, 0.4) is 0 Å². The van der Waals surface area contributed by atoms with E-state index in [9.17, 15) is 24.0 Å². The van der Waals surface area contributed by atoms with Gasteiger partial charge in [-0.25, -0.2) is 24.3 Å². The van der Waals surface area contributed by atoms with Crippen LogP contribution in [-0.4, -0.2) is 109 Å². The molecule has 3 atom stereocenters. The number of nitrogens with one attached hydrogen (secondary N) is 1. The van der Waals surface area contributed by atoms with E-state index in [1.54, 1.807) is 26.8 Å². The Morgan fingerprint density at radius 3 is 1.58 bits per heavy atom. The molecule has 16 nitrogen and oxygen atoms in total. The Morgan fingerprint density at radius 1 is 0.606 bits per heavy atom. The van der Waals surface area contributed by atoms with Crippen molar-refractivity contribution in [1.29, 1.82) is 0 Å². The van der Waals surface area contributed by atoms with Crippen LogP contribution in [0.25, 0.3) is 0 Å². The van der Waals surface area contributed by atoms with Crippen molar-refractivity contribution < 1.29 is 71.9 Å². The van der Waals surface area contributed by atoms with Crippen LogP contribution < -0.4 is 5.32 Å². The predicted molar refractivity (Wildman–Crippen MR) is 258 cm³/mol. The molecule has 386 valence electrons. The zero-order chi connectivity index (χ0) is 51.8. The number of allylic oxidation sites excluding steroid dienone is 1. The lowest BCUT2D eigenvalue weighted by molar-refractivity contribution is -0.293. The normalized spacial score (nSPS) is 13.0. The Balaban J connectivity index is -0.000000397. The van der Waals surface area contributed by atoms with Gasteiger partial charge in [-0.3, -0.25) is 19.2 Å². The molecule has 0 radical (unpaired) electrons. The third-order valence-electron chi connectivity index (χ3n) is 10.0. The van der Waals surface area contributed by atoms with Crippen molar-refractivity contribution in [3.63, 3.8) is 0 Å². The lowest BCUT2D eigenvalue weighted by Gasteiger charge is -2.25. The van der Waals surface area contributed by atoms with Gasteiger partial charge in [0.25, 0.3) is 0 Å². The molecule has 0 aromatic rings. The van der Waals surface area contributed by atoms with E-state index in [1.165, 1.54) is 7.11 Å². The first-order valence-electron chi connectivity index (χ1n) is 22.9. The van der Waals surface area contributed by atoms with Crippen LogP contribution in [0.2, 0.25) is 0 Å². The van der Waals surface area contributed by atoms with E-state index in [0.717, 1.165) is 43.3 Å². The summed E-state index contributed by atoms with van der Waals surface area (Å²) in [6.45, 7) is 43.6. The van der Waals surface area contributed by atoms with Gasteiger partial charge in [0.15, 0.2) is 0 Å². The Hall–Kier alpha value is -4.09. The highest BCUT2D eigenvalue weighted by Crippen LogP contribution is 2.25. The SMILES string of the molecule is C=C(C)COOCCNC(=O)OCC(C)(CC)C(=O)OC.C=C(C)COOCCOCC(C)(CC)C(=O)OCC.C=CC(C)OC(=O)C(C)(C)CC.C=CCCCCOC(=O)C(C)(C)CC. The minimum Gasteiger partial charge on any atom is -0.469 e. The summed E-state index contributed by atoms with van der Waals surface area (Å²) < 4.78 is 30.4. The monoisotopic (exact) mass is 946 g/mol. The summed E-state index contributed by atoms with van der Waals surface area (Å²) >= 11 is 0. The highest BCUT2D eigenvalue weighted by molar-refractivity contribution is 5.78. The number of carbonyl (C=O) groups excluding carboxylic acids is 5. The third-order valence-corrected chi connectivity index (χ3v) is 10.0. The molecule has 0 aliphatic heterocycles. The molecule has 0 rings (SSSR count). The summed E-state index contributed by atoms with van der Waals surface area (Å²) in [5.41, 5.74) is -0.428. The van der Waals surface area contributed by atoms with E-state index >= 15 is 0 Å². The number of ether oxygens (including phenoxy) is 6. The number of carbonyl (C=O) groups is 5. The van der Waals surface area contributed by atoms with Crippen molar-refractivity contribution in [3.8, 4) is 0 Å². The van der Waals surface area contributed by atoms with Crippen molar-refractivity contribution in [2.45, 2.75) is 148 Å². The predicted octanol–water partition coefficient (Wildman–Crippen LogP) is 10.2. The summed E-state index contributed by atoms with van der Waals surface area (Å²) in [6.07, 6.45) is 8.43. The van der Waals surface area contributed by atoms with Crippen LogP contribution in [0.5, 0.6) is 0 Å². The topological polar surface area (TPSA) is 190 Å². The number of alkyl carbamates (subject to hydrolysis) is 1. The highest BCUT2D eigenvalue weighted by Gasteiger charge is 2.35. The molecule has 0 aromatic heterocycles. The molecular weight excluding hydrogens is 855 g/mol. The van der Waals surface area contributed by atoms with Gasteiger partial charge in [-0.1, -0.05) is 70.7 Å². The molecule has 0 aliphatic carbocycles. The quantitative estimate of drug-likeness (QED) is 0.0167. The van der Waals surface area contributed by atoms with Crippen LogP contribution in [-0.2, 0) is 67.1 Å². The second-order valence-corrected chi connectivity index (χ2v) is 17.4. The summed E-state index contributed by atoms with van der Waals surface area (Å²) in [5, 5.41) is 2.48. The maximum Gasteiger partial charge on any atom is 0.407 e. The van der Waals surface area contributed by atoms with Gasteiger partial charge in [-0.15, -0.1) is 6.58 Å². The lowest BCUT2D eigenvalue weighted by atomic mass is 9.89. The Bertz CT molecular complexity index is 1400. The average molecular weight is 946 g/mol. The molecule has 0 fully saturated rings. The first-order valence-corrected chi connectivity index (χ1v) is 22.9. The molecule has 0 heterocycles. The fourth-order valence-corrected chi connectivity index (χ4v) is 3.84. The number of unbranched alkanes of at least 4 members (excludes halogenated alkanes) is 2. The molecule has 0 bridgehead atoms. The molecule has 1 N–H and O–H groups in total. The highest BCUT2D eigenvalue weighted by atomic mass is 17.2. The smallest absolute Gasteiger partial charge is 0.407 e. The fraction of sp³-hybridized carbons (Fsp3) is 0.740. The standard InChI is InChI=1S/C14H25NO6.C14H26O5.C12H22O2.C10H18O2/c1-6-14(4,12(16)18-5)10-19-13(17)15-7-8-20-21-9-11(2)3;1-6-14(5,13(15)17-7-2)11-16-8-9-18-19-10-12(3)4;1-5-7-8-9-10-14-11(13)12(3,4)6-2;1-6-8(3)12-9(11)10(4,5)7-2/h2,6-10H2,1,3-5H3,(H,15,17);3,6-11H2,1-2,4-5H3;5H,1,6-10H2,2-4H3;6,8H,1,7H2,2-5H3. The van der Waals surface area contributed by atoms with E-state index in [-0.39, 0.29) is 54.6 Å². The molecule has 0 spiro atoms. The number of esters is 4. The second-order valence-electron chi connectivity index (χ2n) is 17.4. The van der Waals surface area contributed by atoms with Crippen LogP contribution in [0.15, 0.2) is 49.6 Å². The van der Waals surface area contributed by atoms with Gasteiger partial charge in [0.05, 0.1) is 61.8 Å². The maximum atomic E-state index is 11.8. The van der Waals surface area contributed by atoms with E-state index in [4.69, 9.17) is 43.2 Å². The molecule has 1 amide bonds. The van der Waals surface area contributed by atoms with Crippen molar-refractivity contribution in [1.82, 2.24) is 5.32 Å². The maximum absolute atomic E-state index is 11.8. The van der Waals surface area contributed by atoms with E-state index in [0.29, 0.717) is 59.1 Å². The number of hydrogen-bond donors (Lipinski definition) is 1. The van der Waals surface area contributed by atoms with Gasteiger partial charge in [-0.2, -0.15) is 0 Å². The minimum atomic E-state index is -0.840. The number of amides is 1. The molecule has 66 heavy (non-hydrogen) atoms. The third kappa shape index (κ3) is 36.1. The van der Waals surface area contributed by atoms with Crippen LogP contribution in [0, 0.1) is 21.7 Å². The summed E-state index contributed by atoms with van der Waals surface area (Å²) in [6, 6.07) is 0. The first-order chi connectivity index (χ1) is 30.8. The van der Waals surface area contributed by atoms with Gasteiger partial charge in [0.2, 0.25) is 0 Å². The lowest BCUT2D eigenvalue weighted by Crippen LogP contribution is -2.37. The van der Waals surface area contributed by atoms with Crippen LogP contribution in [0.1, 0.15) is 142 Å². The van der Waals surface area contributed by atoms with E-state index in [2.05, 4.69) is 36.4 Å². The first kappa shape index (κ1) is 68.5.